The zero-order valence-corrected chi connectivity index (χ0v) is 15.5. The van der Waals surface area contributed by atoms with Crippen molar-refractivity contribution in [2.75, 3.05) is 7.11 Å². The fourth-order valence-electron chi connectivity index (χ4n) is 3.00. The van der Waals surface area contributed by atoms with E-state index in [1.54, 1.807) is 19.2 Å². The Hall–Kier alpha value is -3.29. The number of ether oxygens (including phenoxy) is 1. The van der Waals surface area contributed by atoms with Gasteiger partial charge >= 0.3 is 0 Å². The second-order valence-corrected chi connectivity index (χ2v) is 6.75. The van der Waals surface area contributed by atoms with E-state index in [0.717, 1.165) is 24.2 Å². The normalized spacial score (nSPS) is 13.4. The van der Waals surface area contributed by atoms with Gasteiger partial charge in [0.15, 0.2) is 0 Å². The van der Waals surface area contributed by atoms with Crippen molar-refractivity contribution in [3.8, 4) is 17.1 Å². The van der Waals surface area contributed by atoms with Crippen LogP contribution in [0.25, 0.3) is 11.4 Å². The number of carbonyl (C=O) groups is 1. The molecular weight excluding hydrogens is 361 g/mol. The first-order valence-electron chi connectivity index (χ1n) is 9.08. The van der Waals surface area contributed by atoms with Crippen LogP contribution in [0.4, 0.5) is 4.39 Å². The van der Waals surface area contributed by atoms with Gasteiger partial charge in [0.2, 0.25) is 11.7 Å². The van der Waals surface area contributed by atoms with Gasteiger partial charge in [0, 0.05) is 18.2 Å². The molecule has 1 aliphatic rings. The predicted molar refractivity (Wildman–Crippen MR) is 99.8 cm³/mol. The summed E-state index contributed by atoms with van der Waals surface area (Å²) in [4.78, 5) is 15.9. The molecule has 1 aliphatic carbocycles. The first-order valence-corrected chi connectivity index (χ1v) is 9.08. The second kappa shape index (κ2) is 7.75. The van der Waals surface area contributed by atoms with Crippen molar-refractivity contribution in [1.82, 2.24) is 25.1 Å². The Bertz CT molecular complexity index is 969. The molecule has 28 heavy (non-hydrogen) atoms. The number of halogens is 1. The zero-order valence-electron chi connectivity index (χ0n) is 15.5. The lowest BCUT2D eigenvalue weighted by atomic mass is 10.2. The van der Waals surface area contributed by atoms with Crippen molar-refractivity contribution in [3.63, 3.8) is 0 Å². The summed E-state index contributed by atoms with van der Waals surface area (Å²) in [6, 6.07) is 13.9. The molecule has 0 radical (unpaired) electrons. The molecular formula is C20H20FN5O2. The van der Waals surface area contributed by atoms with Gasteiger partial charge in [-0.05, 0) is 47.9 Å². The van der Waals surface area contributed by atoms with Crippen LogP contribution in [0.15, 0.2) is 48.5 Å². The van der Waals surface area contributed by atoms with Gasteiger partial charge in [-0.25, -0.2) is 4.39 Å². The van der Waals surface area contributed by atoms with Gasteiger partial charge in [-0.1, -0.05) is 24.3 Å². The van der Waals surface area contributed by atoms with Crippen molar-refractivity contribution in [2.24, 2.45) is 0 Å². The monoisotopic (exact) mass is 381 g/mol. The van der Waals surface area contributed by atoms with Gasteiger partial charge in [0.05, 0.1) is 7.11 Å². The summed E-state index contributed by atoms with van der Waals surface area (Å²) in [6.07, 6.45) is 2.00. The lowest BCUT2D eigenvalue weighted by Gasteiger charge is -2.22. The molecule has 0 bridgehead atoms. The summed E-state index contributed by atoms with van der Waals surface area (Å²) in [5.74, 6) is 0.635. The Labute approximate surface area is 161 Å². The van der Waals surface area contributed by atoms with Gasteiger partial charge in [-0.3, -0.25) is 4.79 Å². The first-order chi connectivity index (χ1) is 13.6. The second-order valence-electron chi connectivity index (χ2n) is 6.75. The third kappa shape index (κ3) is 4.16. The van der Waals surface area contributed by atoms with E-state index >= 15 is 0 Å². The molecule has 0 unspecified atom stereocenters. The Morgan fingerprint density at radius 3 is 2.71 bits per heavy atom. The molecule has 144 valence electrons. The maximum Gasteiger partial charge on any atom is 0.246 e. The largest absolute Gasteiger partial charge is 0.497 e. The van der Waals surface area contributed by atoms with E-state index in [-0.39, 0.29) is 24.3 Å². The van der Waals surface area contributed by atoms with E-state index in [9.17, 15) is 9.18 Å². The van der Waals surface area contributed by atoms with Gasteiger partial charge < -0.3 is 9.64 Å². The number of carbonyl (C=O) groups excluding carboxylic acids is 1. The van der Waals surface area contributed by atoms with Crippen LogP contribution in [0, 0.1) is 5.82 Å². The van der Waals surface area contributed by atoms with Crippen molar-refractivity contribution in [3.05, 3.63) is 59.9 Å². The number of aromatic nitrogens is 4. The summed E-state index contributed by atoms with van der Waals surface area (Å²) in [7, 11) is 1.62. The molecule has 0 atom stereocenters. The van der Waals surface area contributed by atoms with Crippen molar-refractivity contribution in [1.29, 1.82) is 0 Å². The van der Waals surface area contributed by atoms with E-state index in [2.05, 4.69) is 15.4 Å². The number of hydrogen-bond acceptors (Lipinski definition) is 5. The topological polar surface area (TPSA) is 73.1 Å². The van der Waals surface area contributed by atoms with Crippen molar-refractivity contribution < 1.29 is 13.9 Å². The SMILES string of the molecule is COc1ccc(CN(C(=O)Cn2nnc(-c3cccc(F)c3)n2)C2CC2)cc1. The number of benzene rings is 2. The first kappa shape index (κ1) is 18.1. The van der Waals surface area contributed by atoms with Gasteiger partial charge in [0.25, 0.3) is 0 Å². The third-order valence-corrected chi connectivity index (χ3v) is 4.63. The number of hydrogen-bond donors (Lipinski definition) is 0. The summed E-state index contributed by atoms with van der Waals surface area (Å²) in [6.45, 7) is 0.522. The maximum absolute atomic E-state index is 13.4. The molecule has 7 nitrogen and oxygen atoms in total. The lowest BCUT2D eigenvalue weighted by molar-refractivity contribution is -0.133. The molecule has 1 amide bonds. The van der Waals surface area contributed by atoms with E-state index in [1.807, 2.05) is 29.2 Å². The molecule has 0 spiro atoms. The Kier molecular flexibility index (Phi) is 5.01. The predicted octanol–water partition coefficient (Wildman–Crippen LogP) is 2.68. The molecule has 1 aromatic heterocycles. The molecule has 4 rings (SSSR count). The Balaban J connectivity index is 1.45. The summed E-state index contributed by atoms with van der Waals surface area (Å²) < 4.78 is 18.6. The summed E-state index contributed by atoms with van der Waals surface area (Å²) in [5.41, 5.74) is 1.56. The summed E-state index contributed by atoms with van der Waals surface area (Å²) >= 11 is 0. The fourth-order valence-corrected chi connectivity index (χ4v) is 3.00. The van der Waals surface area contributed by atoms with Crippen LogP contribution in [-0.2, 0) is 17.9 Å². The molecule has 0 saturated heterocycles. The molecule has 1 fully saturated rings. The van der Waals surface area contributed by atoms with Crippen LogP contribution in [-0.4, -0.2) is 44.2 Å². The minimum Gasteiger partial charge on any atom is -0.497 e. The smallest absolute Gasteiger partial charge is 0.246 e. The number of methoxy groups -OCH3 is 1. The minimum absolute atomic E-state index is 0.00499. The van der Waals surface area contributed by atoms with Crippen LogP contribution in [0.3, 0.4) is 0 Å². The molecule has 1 heterocycles. The van der Waals surface area contributed by atoms with Crippen LogP contribution >= 0.6 is 0 Å². The highest BCUT2D eigenvalue weighted by Gasteiger charge is 2.32. The van der Waals surface area contributed by atoms with Crippen LogP contribution in [0.1, 0.15) is 18.4 Å². The van der Waals surface area contributed by atoms with E-state index < -0.39 is 0 Å². The fraction of sp³-hybridized carbons (Fsp3) is 0.300. The molecule has 0 N–H and O–H groups in total. The lowest BCUT2D eigenvalue weighted by Crippen LogP contribution is -2.35. The van der Waals surface area contributed by atoms with Crippen LogP contribution < -0.4 is 4.74 Å². The van der Waals surface area contributed by atoms with Crippen molar-refractivity contribution in [2.45, 2.75) is 32.0 Å². The molecule has 8 heteroatoms. The number of nitrogens with zero attached hydrogens (tertiary/aromatic N) is 5. The standard InChI is InChI=1S/C20H20FN5O2/c1-28-18-9-5-14(6-10-18)12-25(17-7-8-17)19(27)13-26-23-20(22-24-26)15-3-2-4-16(21)11-15/h2-6,9-11,17H,7-8,12-13H2,1H3. The van der Waals surface area contributed by atoms with Crippen molar-refractivity contribution >= 4 is 5.91 Å². The highest BCUT2D eigenvalue weighted by molar-refractivity contribution is 5.76. The zero-order chi connectivity index (χ0) is 19.5. The number of amides is 1. The van der Waals surface area contributed by atoms with E-state index in [1.165, 1.54) is 16.9 Å². The van der Waals surface area contributed by atoms with Gasteiger partial charge in [-0.15, -0.1) is 10.2 Å². The third-order valence-electron chi connectivity index (χ3n) is 4.63. The van der Waals surface area contributed by atoms with E-state index in [4.69, 9.17) is 4.74 Å². The van der Waals surface area contributed by atoms with E-state index in [0.29, 0.717) is 17.9 Å². The van der Waals surface area contributed by atoms with Crippen LogP contribution in [0.2, 0.25) is 0 Å². The quantitative estimate of drug-likeness (QED) is 0.629. The number of tetrazole rings is 1. The molecule has 2 aromatic carbocycles. The highest BCUT2D eigenvalue weighted by atomic mass is 19.1. The molecule has 0 aliphatic heterocycles. The Morgan fingerprint density at radius 2 is 2.04 bits per heavy atom. The van der Waals surface area contributed by atoms with Gasteiger partial charge in [0.1, 0.15) is 18.1 Å². The summed E-state index contributed by atoms with van der Waals surface area (Å²) in [5, 5.41) is 12.1. The maximum atomic E-state index is 13.4. The average molecular weight is 381 g/mol. The average Bonchev–Trinajstić information content (AvgIpc) is 3.44. The van der Waals surface area contributed by atoms with Gasteiger partial charge in [-0.2, -0.15) is 4.80 Å². The minimum atomic E-state index is -0.371. The Morgan fingerprint density at radius 1 is 1.25 bits per heavy atom. The highest BCUT2D eigenvalue weighted by Crippen LogP contribution is 2.29. The molecule has 1 saturated carbocycles. The number of rotatable bonds is 7. The molecule has 3 aromatic rings. The van der Waals surface area contributed by atoms with Crippen LogP contribution in [0.5, 0.6) is 5.75 Å².